The van der Waals surface area contributed by atoms with E-state index in [9.17, 15) is 14.7 Å². The van der Waals surface area contributed by atoms with Gasteiger partial charge in [0.1, 0.15) is 16.5 Å². The van der Waals surface area contributed by atoms with Gasteiger partial charge in [0, 0.05) is 43.2 Å². The highest BCUT2D eigenvalue weighted by molar-refractivity contribution is 6.30. The predicted molar refractivity (Wildman–Crippen MR) is 136 cm³/mol. The lowest BCUT2D eigenvalue weighted by atomic mass is 10.1. The number of hydrogen-bond donors (Lipinski definition) is 1. The van der Waals surface area contributed by atoms with E-state index >= 15 is 0 Å². The summed E-state index contributed by atoms with van der Waals surface area (Å²) in [5.41, 5.74) is 4.04. The quantitative estimate of drug-likeness (QED) is 0.430. The van der Waals surface area contributed by atoms with Gasteiger partial charge in [0.25, 0.3) is 5.56 Å². The van der Waals surface area contributed by atoms with E-state index in [1.807, 2.05) is 36.2 Å². The van der Waals surface area contributed by atoms with Crippen LogP contribution in [-0.4, -0.2) is 36.9 Å². The maximum atomic E-state index is 13.2. The molecule has 0 saturated heterocycles. The van der Waals surface area contributed by atoms with Gasteiger partial charge in [-0.2, -0.15) is 0 Å². The zero-order valence-electron chi connectivity index (χ0n) is 20.1. The van der Waals surface area contributed by atoms with Crippen molar-refractivity contribution in [1.29, 1.82) is 0 Å². The third kappa shape index (κ3) is 5.62. The second-order valence-corrected chi connectivity index (χ2v) is 9.22. The molecule has 0 spiro atoms. The number of ether oxygens (including phenoxy) is 2. The van der Waals surface area contributed by atoms with Crippen molar-refractivity contribution in [2.75, 3.05) is 26.2 Å². The molecule has 1 aliphatic rings. The minimum absolute atomic E-state index is 0.109. The molecule has 8 heteroatoms. The first kappa shape index (κ1) is 24.7. The number of nitrogens with zero attached hydrogens (tertiary/aromatic N) is 2. The Labute approximate surface area is 209 Å². The van der Waals surface area contributed by atoms with Gasteiger partial charge in [0.05, 0.1) is 26.3 Å². The molecular weight excluding hydrogens is 468 g/mol. The molecule has 3 aromatic rings. The van der Waals surface area contributed by atoms with E-state index in [-0.39, 0.29) is 22.3 Å². The van der Waals surface area contributed by atoms with Gasteiger partial charge < -0.3 is 24.0 Å². The van der Waals surface area contributed by atoms with Crippen LogP contribution < -0.4 is 15.2 Å². The van der Waals surface area contributed by atoms with Gasteiger partial charge in [-0.1, -0.05) is 23.7 Å². The van der Waals surface area contributed by atoms with E-state index in [1.165, 1.54) is 7.11 Å². The summed E-state index contributed by atoms with van der Waals surface area (Å²) < 4.78 is 11.8. The van der Waals surface area contributed by atoms with Crippen LogP contribution in [0.1, 0.15) is 45.9 Å². The molecule has 4 rings (SSSR count). The van der Waals surface area contributed by atoms with Gasteiger partial charge in [-0.15, -0.1) is 0 Å². The Balaban J connectivity index is 1.65. The lowest BCUT2D eigenvalue weighted by Crippen LogP contribution is -2.30. The van der Waals surface area contributed by atoms with Crippen molar-refractivity contribution in [3.63, 3.8) is 0 Å². The maximum absolute atomic E-state index is 13.2. The van der Waals surface area contributed by atoms with E-state index in [1.54, 1.807) is 35.9 Å². The first-order valence-corrected chi connectivity index (χ1v) is 11.9. The Morgan fingerprint density at radius 2 is 1.86 bits per heavy atom. The van der Waals surface area contributed by atoms with E-state index in [2.05, 4.69) is 0 Å². The molecule has 0 atom stereocenters. The van der Waals surface area contributed by atoms with Crippen LogP contribution in [0.4, 0.5) is 5.69 Å². The van der Waals surface area contributed by atoms with Crippen LogP contribution in [0.15, 0.2) is 53.3 Å². The number of aryl methyl sites for hydroxylation is 1. The highest BCUT2D eigenvalue weighted by Gasteiger charge is 2.29. The molecule has 1 heterocycles. The van der Waals surface area contributed by atoms with Gasteiger partial charge in [-0.05, 0) is 54.5 Å². The Hall–Kier alpha value is -3.45. The van der Waals surface area contributed by atoms with Crippen LogP contribution in [0.3, 0.4) is 0 Å². The number of aromatic nitrogens is 1. The standard InChI is InChI=1S/C27H29ClN2O5/c1-29(20-12-21(31)14-22(13-20)34-2)16-25-23(18-8-9-18)15-24(28)26(32)30(25)11-10-17-4-6-19(7-5-17)27(33)35-3/h4-7,12-15,18,31H,8-11,16H2,1-3H3. The molecule has 1 aliphatic carbocycles. The molecular formula is C27H29ClN2O5. The van der Waals surface area contributed by atoms with Crippen molar-refractivity contribution < 1.29 is 19.4 Å². The van der Waals surface area contributed by atoms with Gasteiger partial charge in [0.15, 0.2) is 0 Å². The van der Waals surface area contributed by atoms with Crippen molar-refractivity contribution in [3.05, 3.63) is 86.3 Å². The predicted octanol–water partition coefficient (Wildman–Crippen LogP) is 4.76. The van der Waals surface area contributed by atoms with E-state index in [4.69, 9.17) is 21.1 Å². The first-order valence-electron chi connectivity index (χ1n) is 11.5. The van der Waals surface area contributed by atoms with E-state index in [0.29, 0.717) is 36.7 Å². The third-order valence-corrected chi connectivity index (χ3v) is 6.62. The van der Waals surface area contributed by atoms with Crippen LogP contribution in [-0.2, 0) is 24.2 Å². The van der Waals surface area contributed by atoms with Crippen molar-refractivity contribution in [1.82, 2.24) is 4.57 Å². The summed E-state index contributed by atoms with van der Waals surface area (Å²) in [5, 5.41) is 10.3. The summed E-state index contributed by atoms with van der Waals surface area (Å²) in [4.78, 5) is 26.8. The maximum Gasteiger partial charge on any atom is 0.337 e. The number of rotatable bonds is 9. The summed E-state index contributed by atoms with van der Waals surface area (Å²) in [7, 11) is 4.82. The highest BCUT2D eigenvalue weighted by Crippen LogP contribution is 2.42. The second-order valence-electron chi connectivity index (χ2n) is 8.81. The van der Waals surface area contributed by atoms with Gasteiger partial charge in [0.2, 0.25) is 0 Å². The summed E-state index contributed by atoms with van der Waals surface area (Å²) >= 11 is 6.38. The molecule has 0 aliphatic heterocycles. The Bertz CT molecular complexity index is 1280. The van der Waals surface area contributed by atoms with Crippen LogP contribution in [0, 0.1) is 0 Å². The number of esters is 1. The zero-order valence-corrected chi connectivity index (χ0v) is 20.8. The smallest absolute Gasteiger partial charge is 0.337 e. The number of aromatic hydroxyl groups is 1. The number of phenolic OH excluding ortho intramolecular Hbond substituents is 1. The summed E-state index contributed by atoms with van der Waals surface area (Å²) in [6.07, 6.45) is 2.74. The molecule has 0 amide bonds. The van der Waals surface area contributed by atoms with Crippen molar-refractivity contribution in [2.45, 2.75) is 38.3 Å². The molecule has 1 saturated carbocycles. The molecule has 0 bridgehead atoms. The number of carbonyl (C=O) groups excluding carboxylic acids is 1. The Morgan fingerprint density at radius 1 is 1.14 bits per heavy atom. The summed E-state index contributed by atoms with van der Waals surface area (Å²) in [6.45, 7) is 0.912. The lowest BCUT2D eigenvalue weighted by molar-refractivity contribution is 0.0600. The average Bonchev–Trinajstić information content (AvgIpc) is 3.70. The average molecular weight is 497 g/mol. The van der Waals surface area contributed by atoms with Crippen molar-refractivity contribution in [3.8, 4) is 11.5 Å². The number of methoxy groups -OCH3 is 2. The number of phenols is 1. The number of benzene rings is 2. The molecule has 35 heavy (non-hydrogen) atoms. The minimum atomic E-state index is -0.384. The van der Waals surface area contributed by atoms with Crippen molar-refractivity contribution >= 4 is 23.3 Å². The SMILES string of the molecule is COC(=O)c1ccc(CCn2c(CN(C)c3cc(O)cc(OC)c3)c(C3CC3)cc(Cl)c2=O)cc1. The molecule has 0 radical (unpaired) electrons. The molecule has 184 valence electrons. The Kier molecular flexibility index (Phi) is 7.36. The molecule has 1 aromatic heterocycles. The summed E-state index contributed by atoms with van der Waals surface area (Å²) in [5.74, 6) is 0.669. The van der Waals surface area contributed by atoms with E-state index in [0.717, 1.165) is 35.3 Å². The van der Waals surface area contributed by atoms with Gasteiger partial charge in [-0.3, -0.25) is 4.79 Å². The molecule has 2 aromatic carbocycles. The van der Waals surface area contributed by atoms with Crippen LogP contribution in [0.2, 0.25) is 5.02 Å². The highest BCUT2D eigenvalue weighted by atomic mass is 35.5. The topological polar surface area (TPSA) is 81.0 Å². The number of pyridine rings is 1. The molecule has 1 fully saturated rings. The van der Waals surface area contributed by atoms with Gasteiger partial charge >= 0.3 is 5.97 Å². The van der Waals surface area contributed by atoms with Crippen molar-refractivity contribution in [2.24, 2.45) is 0 Å². The fraction of sp³-hybridized carbons (Fsp3) is 0.333. The zero-order chi connectivity index (χ0) is 25.1. The van der Waals surface area contributed by atoms with E-state index < -0.39 is 0 Å². The fourth-order valence-electron chi connectivity index (χ4n) is 4.24. The Morgan fingerprint density at radius 3 is 2.49 bits per heavy atom. The summed E-state index contributed by atoms with van der Waals surface area (Å²) in [6, 6.07) is 14.1. The normalized spacial score (nSPS) is 12.9. The number of halogens is 1. The number of carbonyl (C=O) groups is 1. The number of hydrogen-bond acceptors (Lipinski definition) is 6. The molecule has 7 nitrogen and oxygen atoms in total. The first-order chi connectivity index (χ1) is 16.8. The monoisotopic (exact) mass is 496 g/mol. The second kappa shape index (κ2) is 10.4. The minimum Gasteiger partial charge on any atom is -0.508 e. The third-order valence-electron chi connectivity index (χ3n) is 6.35. The largest absolute Gasteiger partial charge is 0.508 e. The van der Waals surface area contributed by atoms with Crippen LogP contribution >= 0.6 is 11.6 Å². The fourth-order valence-corrected chi connectivity index (χ4v) is 4.46. The number of anilines is 1. The van der Waals surface area contributed by atoms with Crippen LogP contribution in [0.25, 0.3) is 0 Å². The molecule has 0 unspecified atom stereocenters. The van der Waals surface area contributed by atoms with Crippen LogP contribution in [0.5, 0.6) is 11.5 Å². The molecule has 1 N–H and O–H groups in total. The van der Waals surface area contributed by atoms with Gasteiger partial charge in [-0.25, -0.2) is 4.79 Å². The lowest BCUT2D eigenvalue weighted by Gasteiger charge is -2.25.